The normalized spacial score (nSPS) is 15.9. The van der Waals surface area contributed by atoms with Crippen molar-refractivity contribution >= 4 is 5.91 Å². The highest BCUT2D eigenvalue weighted by Crippen LogP contribution is 2.32. The molecule has 7 heteroatoms. The summed E-state index contributed by atoms with van der Waals surface area (Å²) in [6.45, 7) is 6.45. The summed E-state index contributed by atoms with van der Waals surface area (Å²) in [4.78, 5) is 14.5. The fraction of sp³-hybridized carbons (Fsp3) is 0.524. The molecule has 1 aromatic carbocycles. The van der Waals surface area contributed by atoms with Crippen LogP contribution >= 0.6 is 0 Å². The number of fused-ring (bicyclic) bond motifs is 1. The summed E-state index contributed by atoms with van der Waals surface area (Å²) in [5.74, 6) is -0.357. The van der Waals surface area contributed by atoms with Gasteiger partial charge in [0, 0.05) is 44.7 Å². The lowest BCUT2D eigenvalue weighted by molar-refractivity contribution is -0.138. The summed E-state index contributed by atoms with van der Waals surface area (Å²) < 4.78 is 26.4. The second-order valence-electron chi connectivity index (χ2n) is 7.97. The highest BCUT2D eigenvalue weighted by Gasteiger charge is 2.33. The van der Waals surface area contributed by atoms with Crippen LogP contribution in [0.3, 0.4) is 0 Å². The number of benzene rings is 1. The predicted octanol–water partition coefficient (Wildman–Crippen LogP) is 2.98. The maximum absolute atomic E-state index is 14.3. The van der Waals surface area contributed by atoms with E-state index in [1.807, 2.05) is 4.90 Å². The Hall–Kier alpha value is -2.25. The first-order valence-corrected chi connectivity index (χ1v) is 9.56. The average molecular weight is 389 g/mol. The number of halogens is 1. The van der Waals surface area contributed by atoms with Gasteiger partial charge in [-0.25, -0.2) is 9.07 Å². The van der Waals surface area contributed by atoms with Crippen LogP contribution in [0.1, 0.15) is 31.5 Å². The van der Waals surface area contributed by atoms with Crippen LogP contribution in [0.5, 0.6) is 0 Å². The van der Waals surface area contributed by atoms with Crippen molar-refractivity contribution in [3.05, 3.63) is 47.5 Å². The van der Waals surface area contributed by atoms with Crippen molar-refractivity contribution in [1.82, 2.24) is 14.7 Å². The van der Waals surface area contributed by atoms with E-state index in [1.165, 1.54) is 6.07 Å². The highest BCUT2D eigenvalue weighted by atomic mass is 19.1. The number of carbonyl (C=O) groups is 1. The first kappa shape index (κ1) is 20.5. The van der Waals surface area contributed by atoms with E-state index in [0.29, 0.717) is 38.4 Å². The largest absolute Gasteiger partial charge is 0.385 e. The van der Waals surface area contributed by atoms with Crippen LogP contribution in [-0.2, 0) is 27.2 Å². The number of carbonyl (C=O) groups excluding carboxylic acids is 1. The molecule has 28 heavy (non-hydrogen) atoms. The number of para-hydroxylation sites is 1. The second-order valence-corrected chi connectivity index (χ2v) is 7.97. The molecule has 0 unspecified atom stereocenters. The molecule has 0 bridgehead atoms. The van der Waals surface area contributed by atoms with Crippen molar-refractivity contribution < 1.29 is 18.7 Å². The zero-order valence-electron chi connectivity index (χ0n) is 16.8. The molecular formula is C21H28FN3O3. The zero-order chi connectivity index (χ0) is 20.1. The van der Waals surface area contributed by atoms with Crippen LogP contribution in [0.4, 0.5) is 4.39 Å². The maximum atomic E-state index is 14.3. The molecule has 6 nitrogen and oxygen atoms in total. The van der Waals surface area contributed by atoms with E-state index in [0.717, 1.165) is 17.7 Å². The minimum absolute atomic E-state index is 0.0445. The SMILES string of the molecule is COCCCOCC(=O)N1Cc2cnn(-c3ccccc3F)c2CC(C)(C)C1. The molecular weight excluding hydrogens is 361 g/mol. The Morgan fingerprint density at radius 2 is 2.07 bits per heavy atom. The van der Waals surface area contributed by atoms with Crippen LogP contribution in [0.25, 0.3) is 5.69 Å². The number of hydrogen-bond donors (Lipinski definition) is 0. The summed E-state index contributed by atoms with van der Waals surface area (Å²) in [5.41, 5.74) is 2.16. The van der Waals surface area contributed by atoms with Gasteiger partial charge in [-0.15, -0.1) is 0 Å². The molecule has 1 aliphatic heterocycles. The number of methoxy groups -OCH3 is 1. The van der Waals surface area contributed by atoms with Crippen LogP contribution in [-0.4, -0.2) is 54.1 Å². The van der Waals surface area contributed by atoms with Gasteiger partial charge in [0.2, 0.25) is 5.91 Å². The predicted molar refractivity (Wildman–Crippen MR) is 104 cm³/mol. The third-order valence-corrected chi connectivity index (χ3v) is 4.88. The molecule has 1 aliphatic rings. The molecule has 0 fully saturated rings. The van der Waals surface area contributed by atoms with Crippen LogP contribution in [0.2, 0.25) is 0 Å². The lowest BCUT2D eigenvalue weighted by Crippen LogP contribution is -2.39. The summed E-state index contributed by atoms with van der Waals surface area (Å²) in [6.07, 6.45) is 3.20. The Balaban J connectivity index is 1.78. The van der Waals surface area contributed by atoms with E-state index in [-0.39, 0.29) is 23.7 Å². The van der Waals surface area contributed by atoms with Crippen LogP contribution in [0, 0.1) is 11.2 Å². The van der Waals surface area contributed by atoms with Crippen LogP contribution < -0.4 is 0 Å². The molecule has 1 aromatic heterocycles. The lowest BCUT2D eigenvalue weighted by atomic mass is 9.87. The minimum atomic E-state index is -0.312. The number of rotatable bonds is 7. The molecule has 0 spiro atoms. The Kier molecular flexibility index (Phi) is 6.46. The van der Waals surface area contributed by atoms with E-state index < -0.39 is 0 Å². The van der Waals surface area contributed by atoms with Gasteiger partial charge < -0.3 is 14.4 Å². The summed E-state index contributed by atoms with van der Waals surface area (Å²) in [6, 6.07) is 6.61. The Labute approximate surface area is 165 Å². The topological polar surface area (TPSA) is 56.6 Å². The molecule has 2 heterocycles. The van der Waals surface area contributed by atoms with Crippen molar-refractivity contribution in [3.8, 4) is 5.69 Å². The smallest absolute Gasteiger partial charge is 0.248 e. The third kappa shape index (κ3) is 4.77. The highest BCUT2D eigenvalue weighted by molar-refractivity contribution is 5.77. The maximum Gasteiger partial charge on any atom is 0.248 e. The van der Waals surface area contributed by atoms with E-state index in [1.54, 1.807) is 36.2 Å². The molecule has 2 aromatic rings. The first-order chi connectivity index (χ1) is 13.4. The minimum Gasteiger partial charge on any atom is -0.385 e. The monoisotopic (exact) mass is 389 g/mol. The Morgan fingerprint density at radius 1 is 1.29 bits per heavy atom. The Bertz CT molecular complexity index is 819. The molecule has 0 aliphatic carbocycles. The van der Waals surface area contributed by atoms with Gasteiger partial charge in [-0.2, -0.15) is 5.10 Å². The van der Waals surface area contributed by atoms with Gasteiger partial charge in [-0.05, 0) is 30.4 Å². The molecule has 1 amide bonds. The molecule has 0 atom stereocenters. The van der Waals surface area contributed by atoms with Gasteiger partial charge >= 0.3 is 0 Å². The second kappa shape index (κ2) is 8.84. The van der Waals surface area contributed by atoms with Gasteiger partial charge in [0.1, 0.15) is 18.1 Å². The van der Waals surface area contributed by atoms with Gasteiger partial charge in [0.25, 0.3) is 0 Å². The van der Waals surface area contributed by atoms with E-state index in [2.05, 4.69) is 18.9 Å². The first-order valence-electron chi connectivity index (χ1n) is 9.56. The fourth-order valence-electron chi connectivity index (χ4n) is 3.58. The van der Waals surface area contributed by atoms with Crippen molar-refractivity contribution in [3.63, 3.8) is 0 Å². The molecule has 0 saturated carbocycles. The van der Waals surface area contributed by atoms with E-state index in [4.69, 9.17) is 9.47 Å². The molecule has 0 N–H and O–H groups in total. The summed E-state index contributed by atoms with van der Waals surface area (Å²) in [7, 11) is 1.64. The van der Waals surface area contributed by atoms with Crippen molar-refractivity contribution in [1.29, 1.82) is 0 Å². The van der Waals surface area contributed by atoms with Crippen molar-refractivity contribution in [2.75, 3.05) is 33.5 Å². The van der Waals surface area contributed by atoms with E-state index >= 15 is 0 Å². The van der Waals surface area contributed by atoms with Crippen molar-refractivity contribution in [2.24, 2.45) is 5.41 Å². The zero-order valence-corrected chi connectivity index (χ0v) is 16.8. The summed E-state index contributed by atoms with van der Waals surface area (Å²) in [5, 5.41) is 4.42. The number of nitrogens with zero attached hydrogens (tertiary/aromatic N) is 3. The molecule has 0 radical (unpaired) electrons. The average Bonchev–Trinajstić information content (AvgIpc) is 2.95. The standard InChI is InChI=1S/C21H28FN3O3/c1-21(2)11-19-16(12-23-25(19)18-8-5-4-7-17(18)22)13-24(15-21)20(26)14-28-10-6-9-27-3/h4-5,7-8,12H,6,9-11,13-15H2,1-3H3. The van der Waals surface area contributed by atoms with Gasteiger partial charge in [0.15, 0.2) is 0 Å². The summed E-state index contributed by atoms with van der Waals surface area (Å²) >= 11 is 0. The quantitative estimate of drug-likeness (QED) is 0.683. The van der Waals surface area contributed by atoms with Gasteiger partial charge in [0.05, 0.1) is 6.20 Å². The number of hydrogen-bond acceptors (Lipinski definition) is 4. The van der Waals surface area contributed by atoms with Gasteiger partial charge in [-0.3, -0.25) is 4.79 Å². The molecule has 152 valence electrons. The van der Waals surface area contributed by atoms with E-state index in [9.17, 15) is 9.18 Å². The van der Waals surface area contributed by atoms with Gasteiger partial charge in [-0.1, -0.05) is 26.0 Å². The third-order valence-electron chi connectivity index (χ3n) is 4.88. The van der Waals surface area contributed by atoms with Crippen molar-refractivity contribution in [2.45, 2.75) is 33.2 Å². The Morgan fingerprint density at radius 3 is 2.82 bits per heavy atom. The fourth-order valence-corrected chi connectivity index (χ4v) is 3.58. The van der Waals surface area contributed by atoms with Crippen LogP contribution in [0.15, 0.2) is 30.5 Å². The lowest BCUT2D eigenvalue weighted by Gasteiger charge is -2.29. The molecule has 0 saturated heterocycles. The number of ether oxygens (including phenoxy) is 2. The molecule has 3 rings (SSSR count). The number of aromatic nitrogens is 2. The number of amides is 1.